The second kappa shape index (κ2) is 7.40. The molecule has 0 aromatic heterocycles. The number of amides is 3. The molecular weight excluding hydrogens is 250 g/mol. The zero-order valence-corrected chi connectivity index (χ0v) is 11.0. The van der Waals surface area contributed by atoms with Crippen molar-refractivity contribution < 1.29 is 19.1 Å². The summed E-state index contributed by atoms with van der Waals surface area (Å²) in [6, 6.07) is -1.21. The van der Waals surface area contributed by atoms with E-state index in [-0.39, 0.29) is 25.0 Å². The summed E-state index contributed by atoms with van der Waals surface area (Å²) in [4.78, 5) is 36.5. The van der Waals surface area contributed by atoms with E-state index in [2.05, 4.69) is 17.2 Å². The summed E-state index contributed by atoms with van der Waals surface area (Å²) >= 11 is 0. The summed E-state index contributed by atoms with van der Waals surface area (Å²) in [6.45, 7) is 6.47. The van der Waals surface area contributed by atoms with Crippen molar-refractivity contribution in [3.63, 3.8) is 0 Å². The molecule has 7 nitrogen and oxygen atoms in total. The number of piperazine rings is 1. The highest BCUT2D eigenvalue weighted by atomic mass is 16.5. The van der Waals surface area contributed by atoms with Gasteiger partial charge in [0.1, 0.15) is 6.04 Å². The average molecular weight is 269 g/mol. The highest BCUT2D eigenvalue weighted by Gasteiger charge is 2.34. The summed E-state index contributed by atoms with van der Waals surface area (Å²) in [5.74, 6) is -0.834. The number of hydrogen-bond donors (Lipinski definition) is 2. The Labute approximate surface area is 112 Å². The van der Waals surface area contributed by atoms with Crippen molar-refractivity contribution >= 4 is 17.9 Å². The predicted octanol–water partition coefficient (Wildman–Crippen LogP) is -0.364. The third kappa shape index (κ3) is 4.27. The van der Waals surface area contributed by atoms with Crippen molar-refractivity contribution in [1.82, 2.24) is 15.5 Å². The topological polar surface area (TPSA) is 87.7 Å². The monoisotopic (exact) mass is 269 g/mol. The van der Waals surface area contributed by atoms with E-state index in [4.69, 9.17) is 4.74 Å². The molecular formula is C12H19N3O4. The van der Waals surface area contributed by atoms with Crippen LogP contribution < -0.4 is 10.6 Å². The van der Waals surface area contributed by atoms with Crippen LogP contribution in [0.25, 0.3) is 0 Å². The summed E-state index contributed by atoms with van der Waals surface area (Å²) in [7, 11) is 0. The van der Waals surface area contributed by atoms with Gasteiger partial charge < -0.3 is 20.3 Å². The molecule has 0 aliphatic carbocycles. The number of carbonyl (C=O) groups is 3. The van der Waals surface area contributed by atoms with E-state index >= 15 is 0 Å². The van der Waals surface area contributed by atoms with Gasteiger partial charge >= 0.3 is 12.0 Å². The van der Waals surface area contributed by atoms with Crippen LogP contribution in [0.1, 0.15) is 13.3 Å². The highest BCUT2D eigenvalue weighted by molar-refractivity contribution is 5.91. The molecule has 0 radical (unpaired) electrons. The first kappa shape index (κ1) is 15.0. The normalized spacial score (nSPS) is 18.5. The van der Waals surface area contributed by atoms with Crippen molar-refractivity contribution in [2.75, 3.05) is 26.2 Å². The number of nitrogens with one attached hydrogen (secondary N) is 2. The van der Waals surface area contributed by atoms with E-state index in [1.54, 1.807) is 13.0 Å². The summed E-state index contributed by atoms with van der Waals surface area (Å²) in [5.41, 5.74) is 0. The quantitative estimate of drug-likeness (QED) is 0.527. The van der Waals surface area contributed by atoms with Gasteiger partial charge in [-0.15, -0.1) is 6.58 Å². The molecule has 0 bridgehead atoms. The number of ether oxygens (including phenoxy) is 1. The molecule has 1 atom stereocenters. The fourth-order valence-corrected chi connectivity index (χ4v) is 1.80. The van der Waals surface area contributed by atoms with Crippen LogP contribution in [0.2, 0.25) is 0 Å². The van der Waals surface area contributed by atoms with E-state index in [0.717, 1.165) is 0 Å². The van der Waals surface area contributed by atoms with Gasteiger partial charge in [0, 0.05) is 19.6 Å². The van der Waals surface area contributed by atoms with Crippen molar-refractivity contribution in [2.24, 2.45) is 0 Å². The average Bonchev–Trinajstić information content (AvgIpc) is 2.38. The van der Waals surface area contributed by atoms with Crippen molar-refractivity contribution in [2.45, 2.75) is 19.4 Å². The molecule has 1 heterocycles. The van der Waals surface area contributed by atoms with E-state index < -0.39 is 12.0 Å². The smallest absolute Gasteiger partial charge is 0.318 e. The van der Waals surface area contributed by atoms with Crippen LogP contribution in [0, 0.1) is 0 Å². The van der Waals surface area contributed by atoms with Gasteiger partial charge in [-0.1, -0.05) is 6.08 Å². The maximum atomic E-state index is 11.9. The van der Waals surface area contributed by atoms with Gasteiger partial charge in [-0.05, 0) is 6.92 Å². The van der Waals surface area contributed by atoms with Gasteiger partial charge in [-0.3, -0.25) is 9.59 Å². The lowest BCUT2D eigenvalue weighted by Crippen LogP contribution is -2.60. The highest BCUT2D eigenvalue weighted by Crippen LogP contribution is 2.10. The minimum Gasteiger partial charge on any atom is -0.466 e. The van der Waals surface area contributed by atoms with Crippen molar-refractivity contribution in [3.8, 4) is 0 Å². The molecule has 3 amide bonds. The molecule has 7 heteroatoms. The van der Waals surface area contributed by atoms with Crippen LogP contribution in [0.15, 0.2) is 12.7 Å². The lowest BCUT2D eigenvalue weighted by Gasteiger charge is -2.34. The Morgan fingerprint density at radius 3 is 3.00 bits per heavy atom. The summed E-state index contributed by atoms with van der Waals surface area (Å²) in [5, 5.41) is 5.23. The largest absolute Gasteiger partial charge is 0.466 e. The maximum absolute atomic E-state index is 11.9. The second-order valence-electron chi connectivity index (χ2n) is 3.98. The molecule has 0 saturated carbocycles. The number of urea groups is 1. The van der Waals surface area contributed by atoms with Gasteiger partial charge in [0.2, 0.25) is 5.91 Å². The van der Waals surface area contributed by atoms with E-state index in [0.29, 0.717) is 19.6 Å². The number of hydrogen-bond acceptors (Lipinski definition) is 4. The zero-order chi connectivity index (χ0) is 14.3. The zero-order valence-electron chi connectivity index (χ0n) is 11.0. The van der Waals surface area contributed by atoms with E-state index in [1.165, 1.54) is 4.90 Å². The van der Waals surface area contributed by atoms with Gasteiger partial charge in [0.05, 0.1) is 13.0 Å². The molecule has 1 aliphatic heterocycles. The van der Waals surface area contributed by atoms with Gasteiger partial charge in [0.15, 0.2) is 0 Å². The molecule has 2 N–H and O–H groups in total. The Morgan fingerprint density at radius 1 is 1.63 bits per heavy atom. The minimum atomic E-state index is -0.822. The van der Waals surface area contributed by atoms with Crippen LogP contribution in [0.4, 0.5) is 4.79 Å². The molecule has 0 aromatic carbocycles. The SMILES string of the molecule is C=CCNC(=O)N1CCNC(=O)[C@H]1CC(=O)OCC. The number of rotatable bonds is 5. The van der Waals surface area contributed by atoms with Gasteiger partial charge in [0.25, 0.3) is 0 Å². The number of nitrogens with zero attached hydrogens (tertiary/aromatic N) is 1. The Kier molecular flexibility index (Phi) is 5.84. The molecule has 1 rings (SSSR count). The molecule has 19 heavy (non-hydrogen) atoms. The first-order valence-electron chi connectivity index (χ1n) is 6.18. The second-order valence-corrected chi connectivity index (χ2v) is 3.98. The number of esters is 1. The first-order chi connectivity index (χ1) is 9.10. The summed E-state index contributed by atoms with van der Waals surface area (Å²) < 4.78 is 4.81. The van der Waals surface area contributed by atoms with Crippen molar-refractivity contribution in [1.29, 1.82) is 0 Å². The molecule has 0 spiro atoms. The third-order valence-electron chi connectivity index (χ3n) is 2.65. The molecule has 0 aromatic rings. The fourth-order valence-electron chi connectivity index (χ4n) is 1.80. The van der Waals surface area contributed by atoms with E-state index in [9.17, 15) is 14.4 Å². The predicted molar refractivity (Wildman–Crippen MR) is 68.3 cm³/mol. The number of carbonyl (C=O) groups excluding carboxylic acids is 3. The van der Waals surface area contributed by atoms with Gasteiger partial charge in [-0.2, -0.15) is 0 Å². The van der Waals surface area contributed by atoms with Crippen LogP contribution in [0.5, 0.6) is 0 Å². The Hall–Kier alpha value is -2.05. The Morgan fingerprint density at radius 2 is 2.37 bits per heavy atom. The Balaban J connectivity index is 2.69. The third-order valence-corrected chi connectivity index (χ3v) is 2.65. The molecule has 106 valence electrons. The fraction of sp³-hybridized carbons (Fsp3) is 0.583. The van der Waals surface area contributed by atoms with Crippen LogP contribution in [-0.2, 0) is 14.3 Å². The van der Waals surface area contributed by atoms with Crippen LogP contribution in [-0.4, -0.2) is 55.1 Å². The summed E-state index contributed by atoms with van der Waals surface area (Å²) in [6.07, 6.45) is 1.41. The first-order valence-corrected chi connectivity index (χ1v) is 6.18. The molecule has 1 fully saturated rings. The van der Waals surface area contributed by atoms with Crippen LogP contribution >= 0.6 is 0 Å². The molecule has 0 unspecified atom stereocenters. The Bertz CT molecular complexity index is 370. The molecule has 1 saturated heterocycles. The van der Waals surface area contributed by atoms with Crippen molar-refractivity contribution in [3.05, 3.63) is 12.7 Å². The standard InChI is InChI=1S/C12H19N3O4/c1-3-5-14-12(18)15-7-6-13-11(17)9(15)8-10(16)19-4-2/h3,9H,1,4-8H2,2H3,(H,13,17)(H,14,18)/t9-/m1/s1. The minimum absolute atomic E-state index is 0.138. The van der Waals surface area contributed by atoms with Crippen LogP contribution in [0.3, 0.4) is 0 Å². The van der Waals surface area contributed by atoms with E-state index in [1.807, 2.05) is 0 Å². The lowest BCUT2D eigenvalue weighted by molar-refractivity contribution is -0.147. The maximum Gasteiger partial charge on any atom is 0.318 e. The lowest BCUT2D eigenvalue weighted by atomic mass is 10.1. The molecule has 1 aliphatic rings. The van der Waals surface area contributed by atoms with Gasteiger partial charge in [-0.25, -0.2) is 4.79 Å².